The molecule has 2 aliphatic rings. The van der Waals surface area contributed by atoms with Gasteiger partial charge in [0.2, 0.25) is 10.0 Å². The highest BCUT2D eigenvalue weighted by atomic mass is 32.2. The fraction of sp³-hybridized carbons (Fsp3) is 0.643. The van der Waals surface area contributed by atoms with E-state index in [1.807, 2.05) is 0 Å². The van der Waals surface area contributed by atoms with Crippen LogP contribution in [0.25, 0.3) is 0 Å². The van der Waals surface area contributed by atoms with Crippen molar-refractivity contribution in [2.75, 3.05) is 6.54 Å². The van der Waals surface area contributed by atoms with E-state index in [-0.39, 0.29) is 10.6 Å². The molecule has 0 spiro atoms. The molecule has 0 radical (unpaired) electrons. The number of aliphatic carboxylic acids is 1. The van der Waals surface area contributed by atoms with Gasteiger partial charge in [0.05, 0.1) is 6.42 Å². The fourth-order valence-corrected chi connectivity index (χ4v) is 5.26. The summed E-state index contributed by atoms with van der Waals surface area (Å²) in [5.74, 6) is 0.937. The first-order valence-corrected chi connectivity index (χ1v) is 9.56. The highest BCUT2D eigenvalue weighted by molar-refractivity contribution is 7.91. The van der Waals surface area contributed by atoms with Crippen molar-refractivity contribution in [3.63, 3.8) is 0 Å². The van der Waals surface area contributed by atoms with Gasteiger partial charge >= 0.3 is 5.97 Å². The molecule has 5 nitrogen and oxygen atoms in total. The number of thiophene rings is 1. The van der Waals surface area contributed by atoms with Crippen molar-refractivity contribution in [3.8, 4) is 0 Å². The molecule has 0 saturated heterocycles. The SMILES string of the molecule is O=C(O)Cc1ccc(S(=O)(=O)NCC(C2CC2)C2CC2)s1. The van der Waals surface area contributed by atoms with Crippen LogP contribution in [-0.2, 0) is 21.2 Å². The summed E-state index contributed by atoms with van der Waals surface area (Å²) in [5.41, 5.74) is 0. The molecule has 3 rings (SSSR count). The molecule has 1 aromatic rings. The van der Waals surface area contributed by atoms with Crippen LogP contribution in [0.5, 0.6) is 0 Å². The van der Waals surface area contributed by atoms with Crippen molar-refractivity contribution in [1.29, 1.82) is 0 Å². The Balaban J connectivity index is 1.62. The highest BCUT2D eigenvalue weighted by Crippen LogP contribution is 2.48. The summed E-state index contributed by atoms with van der Waals surface area (Å²) >= 11 is 1.04. The van der Waals surface area contributed by atoms with Crippen LogP contribution in [0.2, 0.25) is 0 Å². The van der Waals surface area contributed by atoms with Crippen molar-refractivity contribution in [1.82, 2.24) is 4.72 Å². The molecule has 2 aliphatic carbocycles. The number of rotatable bonds is 8. The lowest BCUT2D eigenvalue weighted by molar-refractivity contribution is -0.136. The van der Waals surface area contributed by atoms with E-state index in [4.69, 9.17) is 5.11 Å². The zero-order valence-corrected chi connectivity index (χ0v) is 13.3. The van der Waals surface area contributed by atoms with Crippen LogP contribution in [0, 0.1) is 17.8 Å². The van der Waals surface area contributed by atoms with Gasteiger partial charge in [0, 0.05) is 11.4 Å². The van der Waals surface area contributed by atoms with Gasteiger partial charge in [-0.15, -0.1) is 11.3 Å². The molecule has 2 N–H and O–H groups in total. The molecule has 2 saturated carbocycles. The average Bonchev–Trinajstić information content (AvgIpc) is 3.31. The third-order valence-corrected chi connectivity index (χ3v) is 7.19. The van der Waals surface area contributed by atoms with Gasteiger partial charge in [0.1, 0.15) is 4.21 Å². The molecule has 21 heavy (non-hydrogen) atoms. The number of carboxylic acid groups (broad SMARTS) is 1. The fourth-order valence-electron chi connectivity index (χ4n) is 2.79. The number of hydrogen-bond donors (Lipinski definition) is 2. The number of nitrogens with one attached hydrogen (secondary N) is 1. The summed E-state index contributed by atoms with van der Waals surface area (Å²) < 4.78 is 27.5. The predicted molar refractivity (Wildman–Crippen MR) is 79.8 cm³/mol. The minimum atomic E-state index is -3.51. The van der Waals surface area contributed by atoms with Crippen LogP contribution < -0.4 is 4.72 Å². The molecular weight excluding hydrogens is 310 g/mol. The molecule has 2 fully saturated rings. The number of carbonyl (C=O) groups is 1. The third-order valence-electron chi connectivity index (χ3n) is 4.19. The summed E-state index contributed by atoms with van der Waals surface area (Å²) in [5, 5.41) is 8.73. The molecule has 0 amide bonds. The van der Waals surface area contributed by atoms with E-state index in [1.54, 1.807) is 6.07 Å². The van der Waals surface area contributed by atoms with E-state index in [0.717, 1.165) is 11.3 Å². The first kappa shape index (κ1) is 15.0. The lowest BCUT2D eigenvalue weighted by Crippen LogP contribution is -2.30. The van der Waals surface area contributed by atoms with Crippen LogP contribution in [0.15, 0.2) is 16.3 Å². The van der Waals surface area contributed by atoms with Gasteiger partial charge < -0.3 is 5.11 Å². The molecular formula is C14H19NO4S2. The van der Waals surface area contributed by atoms with Gasteiger partial charge in [-0.1, -0.05) is 0 Å². The minimum absolute atomic E-state index is 0.132. The maximum Gasteiger partial charge on any atom is 0.308 e. The summed E-state index contributed by atoms with van der Waals surface area (Å²) in [6.45, 7) is 0.518. The van der Waals surface area contributed by atoms with Crippen LogP contribution in [0.4, 0.5) is 0 Å². The van der Waals surface area contributed by atoms with Gasteiger partial charge in [-0.25, -0.2) is 13.1 Å². The lowest BCUT2D eigenvalue weighted by Gasteiger charge is -2.15. The van der Waals surface area contributed by atoms with Gasteiger partial charge in [-0.2, -0.15) is 0 Å². The van der Waals surface area contributed by atoms with Crippen molar-refractivity contribution in [2.45, 2.75) is 36.3 Å². The Morgan fingerprint density at radius 1 is 1.29 bits per heavy atom. The molecule has 116 valence electrons. The van der Waals surface area contributed by atoms with Gasteiger partial charge in [-0.05, 0) is 55.6 Å². The van der Waals surface area contributed by atoms with Gasteiger partial charge in [0.15, 0.2) is 0 Å². The molecule has 1 aromatic heterocycles. The Morgan fingerprint density at radius 3 is 2.43 bits per heavy atom. The van der Waals surface area contributed by atoms with E-state index in [9.17, 15) is 13.2 Å². The van der Waals surface area contributed by atoms with Crippen molar-refractivity contribution in [3.05, 3.63) is 17.0 Å². The second-order valence-electron chi connectivity index (χ2n) is 5.98. The quantitative estimate of drug-likeness (QED) is 0.765. The van der Waals surface area contributed by atoms with Gasteiger partial charge in [-0.3, -0.25) is 4.79 Å². The van der Waals surface area contributed by atoms with Crippen LogP contribution in [0.3, 0.4) is 0 Å². The highest BCUT2D eigenvalue weighted by Gasteiger charge is 2.41. The Bertz CT molecular complexity index is 617. The molecule has 7 heteroatoms. The van der Waals surface area contributed by atoms with Crippen molar-refractivity contribution in [2.24, 2.45) is 17.8 Å². The standard InChI is InChI=1S/C14H19NO4S2/c16-13(17)7-11-5-6-14(20-11)21(18,19)15-8-12(9-1-2-9)10-3-4-10/h5-6,9-10,12,15H,1-4,7-8H2,(H,16,17). The monoisotopic (exact) mass is 329 g/mol. The first-order valence-electron chi connectivity index (χ1n) is 7.26. The van der Waals surface area contributed by atoms with E-state index >= 15 is 0 Å². The normalized spacial score (nSPS) is 19.1. The molecule has 0 bridgehead atoms. The van der Waals surface area contributed by atoms with Crippen molar-refractivity contribution >= 4 is 27.3 Å². The zero-order valence-electron chi connectivity index (χ0n) is 11.6. The van der Waals surface area contributed by atoms with E-state index < -0.39 is 16.0 Å². The summed E-state index contributed by atoms with van der Waals surface area (Å²) in [6.07, 6.45) is 4.78. The number of sulfonamides is 1. The summed E-state index contributed by atoms with van der Waals surface area (Å²) in [6, 6.07) is 3.07. The second-order valence-corrected chi connectivity index (χ2v) is 9.14. The largest absolute Gasteiger partial charge is 0.481 e. The minimum Gasteiger partial charge on any atom is -0.481 e. The van der Waals surface area contributed by atoms with Gasteiger partial charge in [0.25, 0.3) is 0 Å². The third kappa shape index (κ3) is 3.84. The average molecular weight is 329 g/mol. The zero-order chi connectivity index (χ0) is 15.0. The second kappa shape index (κ2) is 5.70. The summed E-state index contributed by atoms with van der Waals surface area (Å²) in [4.78, 5) is 11.2. The predicted octanol–water partition coefficient (Wildman–Crippen LogP) is 2.09. The van der Waals surface area contributed by atoms with Crippen LogP contribution in [0.1, 0.15) is 30.6 Å². The lowest BCUT2D eigenvalue weighted by atomic mass is 9.99. The number of hydrogen-bond acceptors (Lipinski definition) is 4. The molecule has 0 aliphatic heterocycles. The Labute approximate surface area is 128 Å². The smallest absolute Gasteiger partial charge is 0.308 e. The topological polar surface area (TPSA) is 83.5 Å². The van der Waals surface area contributed by atoms with Crippen molar-refractivity contribution < 1.29 is 18.3 Å². The van der Waals surface area contributed by atoms with E-state index in [1.165, 1.54) is 31.7 Å². The maximum absolute atomic E-state index is 12.3. The maximum atomic E-state index is 12.3. The van der Waals surface area contributed by atoms with E-state index in [0.29, 0.717) is 29.2 Å². The summed E-state index contributed by atoms with van der Waals surface area (Å²) in [7, 11) is -3.51. The first-order chi connectivity index (χ1) is 9.95. The molecule has 1 heterocycles. The Kier molecular flexibility index (Phi) is 4.07. The Hall–Kier alpha value is -0.920. The van der Waals surface area contributed by atoms with E-state index in [2.05, 4.69) is 4.72 Å². The van der Waals surface area contributed by atoms with Crippen LogP contribution in [-0.4, -0.2) is 26.0 Å². The van der Waals surface area contributed by atoms with Crippen LogP contribution >= 0.6 is 11.3 Å². The molecule has 0 aromatic carbocycles. The molecule has 0 unspecified atom stereocenters. The number of carboxylic acids is 1. The Morgan fingerprint density at radius 2 is 1.90 bits per heavy atom. The molecule has 0 atom stereocenters.